The maximum atomic E-state index is 14.4. The molecule has 266 valence electrons. The number of fused-ring (bicyclic) bond motifs is 3. The molecule has 2 saturated carbocycles. The Morgan fingerprint density at radius 3 is 2.51 bits per heavy atom. The minimum absolute atomic E-state index is 0.0129. The van der Waals surface area contributed by atoms with Crippen LogP contribution in [0.4, 0.5) is 4.79 Å². The predicted molar refractivity (Wildman–Crippen MR) is 178 cm³/mol. The average molecular weight is 700 g/mol. The van der Waals surface area contributed by atoms with Gasteiger partial charge in [-0.1, -0.05) is 40.2 Å². The molecule has 0 spiro atoms. The standard InChI is InChI=1S/C34H45N5O9S/c1-5-21-18-34(21,31(42)38-49(44,45)24-10-11-24)37-28(40)26-17-23-19-39(26)30(41)27(33(2,3)4)36-32(43)47-15-7-6-14-46-22-9-8-20-12-13-35-29(48-23)25(20)16-22/h8-9,12-13,16,21,23-24,26-27H,5-7,10-11,14-15,17-19H2,1-4H3,(H,36,43)(H,37,40)(H,38,42). The van der Waals surface area contributed by atoms with Gasteiger partial charge in [-0.25, -0.2) is 18.2 Å². The van der Waals surface area contributed by atoms with Crippen molar-refractivity contribution in [2.45, 2.75) is 102 Å². The van der Waals surface area contributed by atoms with Gasteiger partial charge in [0.1, 0.15) is 29.5 Å². The largest absolute Gasteiger partial charge is 0.494 e. The van der Waals surface area contributed by atoms with Crippen LogP contribution in [-0.2, 0) is 29.1 Å². The summed E-state index contributed by atoms with van der Waals surface area (Å²) in [5, 5.41) is 6.52. The highest BCUT2D eigenvalue weighted by Gasteiger charge is 2.62. The van der Waals surface area contributed by atoms with Crippen LogP contribution in [0.3, 0.4) is 0 Å². The van der Waals surface area contributed by atoms with E-state index >= 15 is 0 Å². The Kier molecular flexibility index (Phi) is 9.42. The fourth-order valence-electron chi connectivity index (χ4n) is 6.67. The molecule has 4 bridgehead atoms. The minimum atomic E-state index is -3.85. The van der Waals surface area contributed by atoms with Gasteiger partial charge in [0.15, 0.2) is 0 Å². The quantitative estimate of drug-likeness (QED) is 0.406. The van der Waals surface area contributed by atoms with Crippen LogP contribution < -0.4 is 24.8 Å². The number of carbonyl (C=O) groups is 4. The number of aromatic nitrogens is 1. The molecule has 5 unspecified atom stereocenters. The molecule has 2 aliphatic heterocycles. The lowest BCUT2D eigenvalue weighted by molar-refractivity contribution is -0.143. The van der Waals surface area contributed by atoms with Crippen molar-refractivity contribution < 1.29 is 41.8 Å². The number of amides is 4. The van der Waals surface area contributed by atoms with E-state index in [0.717, 1.165) is 5.39 Å². The van der Waals surface area contributed by atoms with E-state index in [2.05, 4.69) is 20.3 Å². The van der Waals surface area contributed by atoms with Crippen molar-refractivity contribution in [2.24, 2.45) is 11.3 Å². The fourth-order valence-corrected chi connectivity index (χ4v) is 8.03. The second kappa shape index (κ2) is 13.3. The topological polar surface area (TPSA) is 182 Å². The third kappa shape index (κ3) is 7.41. The molecule has 1 aromatic heterocycles. The van der Waals surface area contributed by atoms with E-state index in [-0.39, 0.29) is 31.9 Å². The van der Waals surface area contributed by atoms with Gasteiger partial charge in [-0.15, -0.1) is 0 Å². The van der Waals surface area contributed by atoms with Crippen LogP contribution in [0.25, 0.3) is 10.8 Å². The molecule has 4 aliphatic rings. The van der Waals surface area contributed by atoms with Crippen LogP contribution in [0, 0.1) is 11.3 Å². The number of carbonyl (C=O) groups excluding carboxylic acids is 4. The Morgan fingerprint density at radius 1 is 1.10 bits per heavy atom. The summed E-state index contributed by atoms with van der Waals surface area (Å²) in [6, 6.07) is 5.26. The molecule has 5 atom stereocenters. The first-order valence-corrected chi connectivity index (χ1v) is 18.6. The van der Waals surface area contributed by atoms with Gasteiger partial charge in [0.2, 0.25) is 27.7 Å². The lowest BCUT2D eigenvalue weighted by atomic mass is 9.85. The van der Waals surface area contributed by atoms with Crippen molar-refractivity contribution in [2.75, 3.05) is 19.8 Å². The summed E-state index contributed by atoms with van der Waals surface area (Å²) in [5.41, 5.74) is -2.20. The van der Waals surface area contributed by atoms with Gasteiger partial charge >= 0.3 is 6.09 Å². The van der Waals surface area contributed by atoms with E-state index in [9.17, 15) is 27.6 Å². The van der Waals surface area contributed by atoms with Gasteiger partial charge in [-0.2, -0.15) is 0 Å². The lowest BCUT2D eigenvalue weighted by Crippen LogP contribution is -2.60. The Hall–Kier alpha value is -4.14. The van der Waals surface area contributed by atoms with Crippen molar-refractivity contribution in [1.82, 2.24) is 25.2 Å². The molecule has 2 aliphatic carbocycles. The van der Waals surface area contributed by atoms with E-state index < -0.39 is 68.2 Å². The Labute approximate surface area is 286 Å². The molecule has 2 aromatic rings. The minimum Gasteiger partial charge on any atom is -0.494 e. The number of alkyl carbamates (subject to hydrolysis) is 1. The number of ether oxygens (including phenoxy) is 3. The number of benzene rings is 1. The number of sulfonamides is 1. The zero-order chi connectivity index (χ0) is 35.1. The molecular weight excluding hydrogens is 654 g/mol. The van der Waals surface area contributed by atoms with E-state index in [1.807, 2.05) is 31.2 Å². The van der Waals surface area contributed by atoms with E-state index in [1.165, 1.54) is 4.90 Å². The number of nitrogens with zero attached hydrogens (tertiary/aromatic N) is 2. The van der Waals surface area contributed by atoms with Crippen LogP contribution in [0.2, 0.25) is 0 Å². The van der Waals surface area contributed by atoms with Crippen LogP contribution in [-0.4, -0.2) is 90.9 Å². The maximum Gasteiger partial charge on any atom is 0.407 e. The van der Waals surface area contributed by atoms with Gasteiger partial charge in [-0.05, 0) is 67.0 Å². The van der Waals surface area contributed by atoms with Crippen molar-refractivity contribution in [1.29, 1.82) is 0 Å². The van der Waals surface area contributed by atoms with E-state index in [4.69, 9.17) is 14.2 Å². The first-order chi connectivity index (χ1) is 23.2. The second-order valence-electron chi connectivity index (χ2n) is 14.6. The molecule has 3 N–H and O–H groups in total. The Balaban J connectivity index is 1.32. The van der Waals surface area contributed by atoms with Crippen molar-refractivity contribution in [3.05, 3.63) is 30.5 Å². The van der Waals surface area contributed by atoms with Gasteiger partial charge in [-0.3, -0.25) is 19.1 Å². The van der Waals surface area contributed by atoms with Crippen molar-refractivity contribution in [3.63, 3.8) is 0 Å². The van der Waals surface area contributed by atoms with Gasteiger partial charge in [0.25, 0.3) is 5.91 Å². The zero-order valence-electron chi connectivity index (χ0n) is 28.3. The molecule has 6 rings (SSSR count). The molecular formula is C34H45N5O9S. The number of hydrogen-bond donors (Lipinski definition) is 3. The van der Waals surface area contributed by atoms with Crippen LogP contribution in [0.15, 0.2) is 30.5 Å². The molecule has 1 saturated heterocycles. The molecule has 3 heterocycles. The summed E-state index contributed by atoms with van der Waals surface area (Å²) in [6.45, 7) is 7.76. The summed E-state index contributed by atoms with van der Waals surface area (Å²) < 4.78 is 45.3. The fraction of sp³-hybridized carbons (Fsp3) is 0.618. The zero-order valence-corrected chi connectivity index (χ0v) is 29.1. The summed E-state index contributed by atoms with van der Waals surface area (Å²) in [7, 11) is -3.85. The van der Waals surface area contributed by atoms with Gasteiger partial charge in [0, 0.05) is 18.0 Å². The van der Waals surface area contributed by atoms with Crippen molar-refractivity contribution in [3.8, 4) is 11.6 Å². The number of nitrogens with one attached hydrogen (secondary N) is 3. The summed E-state index contributed by atoms with van der Waals surface area (Å²) in [4.78, 5) is 60.8. The third-order valence-electron chi connectivity index (χ3n) is 9.79. The molecule has 15 heteroatoms. The van der Waals surface area contributed by atoms with Crippen LogP contribution in [0.1, 0.15) is 72.6 Å². The smallest absolute Gasteiger partial charge is 0.407 e. The normalized spacial score (nSPS) is 28.0. The first-order valence-electron chi connectivity index (χ1n) is 17.0. The van der Waals surface area contributed by atoms with Gasteiger partial charge < -0.3 is 29.7 Å². The average Bonchev–Trinajstić information content (AvgIpc) is 3.97. The molecule has 14 nitrogen and oxygen atoms in total. The molecule has 0 radical (unpaired) electrons. The number of hydrogen-bond acceptors (Lipinski definition) is 10. The highest BCUT2D eigenvalue weighted by atomic mass is 32.2. The maximum absolute atomic E-state index is 14.4. The highest BCUT2D eigenvalue weighted by molar-refractivity contribution is 7.91. The highest BCUT2D eigenvalue weighted by Crippen LogP contribution is 2.47. The number of cyclic esters (lactones) is 1. The third-order valence-corrected chi connectivity index (χ3v) is 11.6. The van der Waals surface area contributed by atoms with Crippen LogP contribution in [0.5, 0.6) is 11.6 Å². The molecule has 3 fully saturated rings. The summed E-state index contributed by atoms with van der Waals surface area (Å²) in [6.07, 6.45) is 3.16. The Morgan fingerprint density at radius 2 is 1.84 bits per heavy atom. The number of pyridine rings is 1. The summed E-state index contributed by atoms with van der Waals surface area (Å²) in [5.74, 6) is -1.25. The molecule has 49 heavy (non-hydrogen) atoms. The second-order valence-corrected chi connectivity index (χ2v) is 16.5. The molecule has 1 aromatic carbocycles. The van der Waals surface area contributed by atoms with E-state index in [0.29, 0.717) is 55.7 Å². The van der Waals surface area contributed by atoms with Crippen molar-refractivity contribution >= 4 is 44.6 Å². The van der Waals surface area contributed by atoms with E-state index in [1.54, 1.807) is 27.0 Å². The van der Waals surface area contributed by atoms with Crippen LogP contribution >= 0.6 is 0 Å². The summed E-state index contributed by atoms with van der Waals surface area (Å²) >= 11 is 0. The number of rotatable bonds is 6. The monoisotopic (exact) mass is 699 g/mol. The predicted octanol–water partition coefficient (Wildman–Crippen LogP) is 2.79. The molecule has 4 amide bonds. The first kappa shape index (κ1) is 34.7. The van der Waals surface area contributed by atoms with Gasteiger partial charge in [0.05, 0.1) is 25.0 Å². The lowest BCUT2D eigenvalue weighted by Gasteiger charge is -2.35. The Bertz CT molecular complexity index is 1740. The SMILES string of the molecule is CCC1CC1(NC(=O)C1CC2CN1C(=O)C(C(C)(C)C)NC(=O)OCCCCOc1ccc3ccnc(c3c1)O2)C(=O)NS(=O)(=O)C1CC1.